The normalized spacial score (nSPS) is 19.1. The minimum Gasteiger partial charge on any atom is -0.496 e. The Labute approximate surface area is 191 Å². The van der Waals surface area contributed by atoms with Gasteiger partial charge < -0.3 is 19.5 Å². The summed E-state index contributed by atoms with van der Waals surface area (Å²) >= 11 is 6.14. The molecule has 2 heterocycles. The van der Waals surface area contributed by atoms with Crippen LogP contribution >= 0.6 is 11.6 Å². The Bertz CT molecular complexity index is 1110. The molecular formula is C24H25ClN4O3. The second-order valence-corrected chi connectivity index (χ2v) is 8.99. The first-order valence-electron chi connectivity index (χ1n) is 10.8. The first-order valence-corrected chi connectivity index (χ1v) is 11.2. The fourth-order valence-electron chi connectivity index (χ4n) is 4.63. The van der Waals surface area contributed by atoms with E-state index in [1.54, 1.807) is 25.3 Å². The Hall–Kier alpha value is -3.06. The second kappa shape index (κ2) is 8.47. The average molecular weight is 453 g/mol. The van der Waals surface area contributed by atoms with Crippen LogP contribution in [-0.2, 0) is 6.54 Å². The van der Waals surface area contributed by atoms with Gasteiger partial charge in [0, 0.05) is 30.6 Å². The Morgan fingerprint density at radius 2 is 2.03 bits per heavy atom. The molecule has 3 aromatic rings. The lowest BCUT2D eigenvalue weighted by molar-refractivity contribution is 0.161. The number of ether oxygens (including phenoxy) is 1. The number of hydrogen-bond donors (Lipinski definition) is 1. The zero-order valence-corrected chi connectivity index (χ0v) is 18.6. The molecule has 5 rings (SSSR count). The largest absolute Gasteiger partial charge is 0.496 e. The molecule has 2 amide bonds. The number of nitrogens with one attached hydrogen (secondary N) is 1. The van der Waals surface area contributed by atoms with E-state index in [0.717, 1.165) is 43.5 Å². The fourth-order valence-corrected chi connectivity index (χ4v) is 4.80. The van der Waals surface area contributed by atoms with Crippen molar-refractivity contribution in [2.75, 3.05) is 20.2 Å². The third-order valence-electron chi connectivity index (χ3n) is 6.66. The van der Waals surface area contributed by atoms with Gasteiger partial charge in [-0.1, -0.05) is 47.1 Å². The number of hydrogen-bond acceptors (Lipinski definition) is 5. The number of aromatic nitrogens is 2. The summed E-state index contributed by atoms with van der Waals surface area (Å²) in [5.41, 5.74) is 1.97. The van der Waals surface area contributed by atoms with Gasteiger partial charge in [-0.05, 0) is 48.4 Å². The number of rotatable bonds is 5. The molecule has 1 aromatic heterocycles. The molecule has 7 nitrogen and oxygen atoms in total. The summed E-state index contributed by atoms with van der Waals surface area (Å²) in [4.78, 5) is 19.1. The molecule has 1 spiro atoms. The van der Waals surface area contributed by atoms with Crippen molar-refractivity contribution in [1.29, 1.82) is 0 Å². The molecule has 2 aliphatic rings. The number of carbonyl (C=O) groups excluding carboxylic acids is 1. The van der Waals surface area contributed by atoms with E-state index in [0.29, 0.717) is 29.0 Å². The van der Waals surface area contributed by atoms with E-state index in [1.165, 1.54) is 0 Å². The number of carbonyl (C=O) groups is 1. The van der Waals surface area contributed by atoms with Crippen LogP contribution in [0.3, 0.4) is 0 Å². The lowest BCUT2D eigenvalue weighted by Gasteiger charge is -2.32. The van der Waals surface area contributed by atoms with Crippen LogP contribution in [0.2, 0.25) is 5.02 Å². The second-order valence-electron chi connectivity index (χ2n) is 8.55. The van der Waals surface area contributed by atoms with Gasteiger partial charge in [-0.3, -0.25) is 0 Å². The predicted molar refractivity (Wildman–Crippen MR) is 121 cm³/mol. The summed E-state index contributed by atoms with van der Waals surface area (Å²) in [5.74, 6) is 2.04. The maximum absolute atomic E-state index is 12.6. The van der Waals surface area contributed by atoms with Gasteiger partial charge in [0.05, 0.1) is 12.7 Å². The van der Waals surface area contributed by atoms with E-state index in [2.05, 4.69) is 15.5 Å². The quantitative estimate of drug-likeness (QED) is 0.596. The monoisotopic (exact) mass is 452 g/mol. The summed E-state index contributed by atoms with van der Waals surface area (Å²) in [6.45, 7) is 2.02. The number of amides is 2. The minimum atomic E-state index is -0.00553. The van der Waals surface area contributed by atoms with Crippen molar-refractivity contribution in [3.8, 4) is 17.1 Å². The highest BCUT2D eigenvalue weighted by atomic mass is 35.5. The zero-order chi connectivity index (χ0) is 22.1. The SMILES string of the molecule is COc1ccc(Cl)cc1-c1noc(C2CC23CCN(C(=O)NCc2ccccc2)CC3)n1. The van der Waals surface area contributed by atoms with Crippen molar-refractivity contribution in [3.63, 3.8) is 0 Å². The number of urea groups is 1. The summed E-state index contributed by atoms with van der Waals surface area (Å²) in [7, 11) is 1.60. The van der Waals surface area contributed by atoms with Crippen LogP contribution in [0.15, 0.2) is 53.1 Å². The molecule has 2 fully saturated rings. The van der Waals surface area contributed by atoms with E-state index >= 15 is 0 Å². The lowest BCUT2D eigenvalue weighted by atomic mass is 9.91. The molecule has 1 aliphatic heterocycles. The van der Waals surface area contributed by atoms with Crippen molar-refractivity contribution >= 4 is 17.6 Å². The highest BCUT2D eigenvalue weighted by Crippen LogP contribution is 2.64. The lowest BCUT2D eigenvalue weighted by Crippen LogP contribution is -2.44. The molecule has 166 valence electrons. The number of halogens is 1. The van der Waals surface area contributed by atoms with E-state index in [9.17, 15) is 4.79 Å². The summed E-state index contributed by atoms with van der Waals surface area (Å²) < 4.78 is 11.0. The van der Waals surface area contributed by atoms with E-state index in [1.807, 2.05) is 35.2 Å². The summed E-state index contributed by atoms with van der Waals surface area (Å²) in [5, 5.41) is 7.78. The van der Waals surface area contributed by atoms with Crippen molar-refractivity contribution in [2.24, 2.45) is 5.41 Å². The molecule has 1 saturated heterocycles. The summed E-state index contributed by atoms with van der Waals surface area (Å²) in [6, 6.07) is 15.3. The molecule has 32 heavy (non-hydrogen) atoms. The number of methoxy groups -OCH3 is 1. The van der Waals surface area contributed by atoms with Crippen LogP contribution in [0.1, 0.15) is 36.6 Å². The molecule has 1 atom stereocenters. The average Bonchev–Trinajstić information content (AvgIpc) is 3.29. The standard InChI is InChI=1S/C24H25ClN4O3/c1-31-20-8-7-17(25)13-18(20)21-27-22(32-28-21)19-14-24(19)9-11-29(12-10-24)23(30)26-15-16-5-3-2-4-6-16/h2-8,13,19H,9-12,14-15H2,1H3,(H,26,30). The molecule has 1 unspecified atom stereocenters. The zero-order valence-electron chi connectivity index (χ0n) is 17.9. The predicted octanol–water partition coefficient (Wildman–Crippen LogP) is 4.88. The Morgan fingerprint density at radius 3 is 2.78 bits per heavy atom. The van der Waals surface area contributed by atoms with Crippen LogP contribution in [0.4, 0.5) is 4.79 Å². The van der Waals surface area contributed by atoms with E-state index in [4.69, 9.17) is 20.9 Å². The number of benzene rings is 2. The molecule has 1 saturated carbocycles. The van der Waals surface area contributed by atoms with E-state index in [-0.39, 0.29) is 17.4 Å². The van der Waals surface area contributed by atoms with Gasteiger partial charge in [-0.2, -0.15) is 4.98 Å². The van der Waals surface area contributed by atoms with Crippen LogP contribution in [0.5, 0.6) is 5.75 Å². The smallest absolute Gasteiger partial charge is 0.317 e. The van der Waals surface area contributed by atoms with Gasteiger partial charge in [0.2, 0.25) is 11.7 Å². The van der Waals surface area contributed by atoms with Crippen LogP contribution in [0, 0.1) is 5.41 Å². The van der Waals surface area contributed by atoms with Crippen molar-refractivity contribution in [3.05, 3.63) is 65.0 Å². The van der Waals surface area contributed by atoms with Crippen LogP contribution in [-0.4, -0.2) is 41.3 Å². The first-order chi connectivity index (χ1) is 15.6. The van der Waals surface area contributed by atoms with Gasteiger partial charge >= 0.3 is 6.03 Å². The fraction of sp³-hybridized carbons (Fsp3) is 0.375. The molecule has 0 radical (unpaired) electrons. The van der Waals surface area contributed by atoms with Crippen molar-refractivity contribution < 1.29 is 14.1 Å². The molecule has 2 aromatic carbocycles. The van der Waals surface area contributed by atoms with Crippen molar-refractivity contribution in [2.45, 2.75) is 31.7 Å². The highest BCUT2D eigenvalue weighted by Gasteiger charge is 2.58. The summed E-state index contributed by atoms with van der Waals surface area (Å²) in [6.07, 6.45) is 2.89. The van der Waals surface area contributed by atoms with Gasteiger partial charge in [0.15, 0.2) is 0 Å². The van der Waals surface area contributed by atoms with Crippen LogP contribution in [0.25, 0.3) is 11.4 Å². The Kier molecular flexibility index (Phi) is 5.51. The number of piperidine rings is 1. The minimum absolute atomic E-state index is 0.00553. The third-order valence-corrected chi connectivity index (χ3v) is 6.90. The molecule has 8 heteroatoms. The molecule has 1 N–H and O–H groups in total. The number of likely N-dealkylation sites (tertiary alicyclic amines) is 1. The van der Waals surface area contributed by atoms with Crippen LogP contribution < -0.4 is 10.1 Å². The highest BCUT2D eigenvalue weighted by molar-refractivity contribution is 6.30. The van der Waals surface area contributed by atoms with Crippen molar-refractivity contribution in [1.82, 2.24) is 20.4 Å². The molecule has 0 bridgehead atoms. The molecular weight excluding hydrogens is 428 g/mol. The van der Waals surface area contributed by atoms with Gasteiger partial charge in [-0.25, -0.2) is 4.79 Å². The maximum atomic E-state index is 12.6. The van der Waals surface area contributed by atoms with Gasteiger partial charge in [0.1, 0.15) is 5.75 Å². The number of nitrogens with zero attached hydrogens (tertiary/aromatic N) is 3. The topological polar surface area (TPSA) is 80.5 Å². The van der Waals surface area contributed by atoms with Gasteiger partial charge in [0.25, 0.3) is 0 Å². The third kappa shape index (κ3) is 4.05. The molecule has 1 aliphatic carbocycles. The first kappa shape index (κ1) is 20.8. The van der Waals surface area contributed by atoms with Gasteiger partial charge in [-0.15, -0.1) is 0 Å². The Balaban J connectivity index is 1.19. The van der Waals surface area contributed by atoms with E-state index < -0.39 is 0 Å². The maximum Gasteiger partial charge on any atom is 0.317 e. The Morgan fingerprint density at radius 1 is 1.25 bits per heavy atom.